The average molecular weight is 282 g/mol. The molecule has 2 atom stereocenters. The minimum absolute atomic E-state index is 0.00248. The van der Waals surface area contributed by atoms with Gasteiger partial charge in [-0.1, -0.05) is 20.8 Å². The molecule has 1 saturated carbocycles. The van der Waals surface area contributed by atoms with Gasteiger partial charge in [0.25, 0.3) is 0 Å². The van der Waals surface area contributed by atoms with Crippen LogP contribution in [0.25, 0.3) is 0 Å². The topological polar surface area (TPSA) is 35.5 Å². The molecule has 3 nitrogen and oxygen atoms in total. The number of nitrogens with one attached hydrogen (secondary N) is 1. The molecule has 2 unspecified atom stereocenters. The van der Waals surface area contributed by atoms with Crippen molar-refractivity contribution < 1.29 is 5.11 Å². The molecule has 118 valence electrons. The molecule has 1 heterocycles. The number of hydrogen-bond donors (Lipinski definition) is 2. The second-order valence-corrected chi connectivity index (χ2v) is 7.82. The summed E-state index contributed by atoms with van der Waals surface area (Å²) in [4.78, 5) is 2.71. The lowest BCUT2D eigenvalue weighted by Crippen LogP contribution is -2.48. The highest BCUT2D eigenvalue weighted by atomic mass is 16.3. The van der Waals surface area contributed by atoms with Crippen molar-refractivity contribution in [3.8, 4) is 0 Å². The molecule has 2 N–H and O–H groups in total. The second-order valence-electron chi connectivity index (χ2n) is 7.82. The highest BCUT2D eigenvalue weighted by molar-refractivity contribution is 4.99. The summed E-state index contributed by atoms with van der Waals surface area (Å²) in [6.07, 6.45) is 8.66. The van der Waals surface area contributed by atoms with E-state index in [4.69, 9.17) is 0 Å². The van der Waals surface area contributed by atoms with Gasteiger partial charge >= 0.3 is 0 Å². The Morgan fingerprint density at radius 1 is 1.20 bits per heavy atom. The number of aliphatic hydroxyl groups is 1. The van der Waals surface area contributed by atoms with Crippen LogP contribution < -0.4 is 5.32 Å². The van der Waals surface area contributed by atoms with E-state index in [1.54, 1.807) is 0 Å². The summed E-state index contributed by atoms with van der Waals surface area (Å²) in [7, 11) is 0. The summed E-state index contributed by atoms with van der Waals surface area (Å²) in [5.41, 5.74) is 0.518. The summed E-state index contributed by atoms with van der Waals surface area (Å²) in [5.74, 6) is 0. The first-order valence-electron chi connectivity index (χ1n) is 8.60. The molecule has 20 heavy (non-hydrogen) atoms. The third kappa shape index (κ3) is 3.96. The zero-order valence-electron chi connectivity index (χ0n) is 13.7. The number of likely N-dealkylation sites (tertiary alicyclic amines) is 1. The van der Waals surface area contributed by atoms with E-state index in [1.807, 2.05) is 0 Å². The first-order chi connectivity index (χ1) is 9.50. The molecule has 0 aromatic rings. The lowest BCUT2D eigenvalue weighted by Gasteiger charge is -2.32. The van der Waals surface area contributed by atoms with Crippen molar-refractivity contribution in [3.05, 3.63) is 0 Å². The zero-order valence-corrected chi connectivity index (χ0v) is 13.7. The van der Waals surface area contributed by atoms with Gasteiger partial charge in [-0.15, -0.1) is 0 Å². The van der Waals surface area contributed by atoms with Gasteiger partial charge in [-0.3, -0.25) is 0 Å². The molecule has 0 bridgehead atoms. The highest BCUT2D eigenvalue weighted by Crippen LogP contribution is 2.36. The number of aliphatic hydroxyl groups excluding tert-OH is 1. The van der Waals surface area contributed by atoms with E-state index >= 15 is 0 Å². The summed E-state index contributed by atoms with van der Waals surface area (Å²) in [5, 5.41) is 13.4. The fraction of sp³-hybridized carbons (Fsp3) is 1.00. The van der Waals surface area contributed by atoms with Crippen molar-refractivity contribution in [2.75, 3.05) is 26.2 Å². The van der Waals surface area contributed by atoms with Crippen molar-refractivity contribution in [3.63, 3.8) is 0 Å². The summed E-state index contributed by atoms with van der Waals surface area (Å²) in [6, 6.07) is 0.681. The Bertz CT molecular complexity index is 305. The Balaban J connectivity index is 1.91. The van der Waals surface area contributed by atoms with E-state index < -0.39 is 0 Å². The molecule has 1 aliphatic heterocycles. The van der Waals surface area contributed by atoms with Gasteiger partial charge in [0.05, 0.1) is 6.61 Å². The van der Waals surface area contributed by atoms with E-state index in [1.165, 1.54) is 38.8 Å². The smallest absolute Gasteiger partial charge is 0.0613 e. The van der Waals surface area contributed by atoms with E-state index in [2.05, 4.69) is 31.0 Å². The quantitative estimate of drug-likeness (QED) is 0.814. The maximum Gasteiger partial charge on any atom is 0.0613 e. The maximum absolute atomic E-state index is 9.82. The fourth-order valence-electron chi connectivity index (χ4n) is 3.97. The van der Waals surface area contributed by atoms with Gasteiger partial charge in [0.15, 0.2) is 0 Å². The van der Waals surface area contributed by atoms with Gasteiger partial charge in [0, 0.05) is 11.6 Å². The van der Waals surface area contributed by atoms with Crippen LogP contribution in [0.15, 0.2) is 0 Å². The maximum atomic E-state index is 9.82. The molecule has 1 saturated heterocycles. The van der Waals surface area contributed by atoms with Crippen molar-refractivity contribution in [1.29, 1.82) is 0 Å². The van der Waals surface area contributed by atoms with E-state index in [9.17, 15) is 5.11 Å². The Labute approximate surface area is 125 Å². The molecule has 0 radical (unpaired) electrons. The molecule has 0 amide bonds. The minimum atomic E-state index is 0.00248. The van der Waals surface area contributed by atoms with Crippen molar-refractivity contribution in [1.82, 2.24) is 10.2 Å². The van der Waals surface area contributed by atoms with Gasteiger partial charge in [0.2, 0.25) is 0 Å². The average Bonchev–Trinajstić information content (AvgIpc) is 2.76. The molecule has 2 fully saturated rings. The Morgan fingerprint density at radius 3 is 2.70 bits per heavy atom. The van der Waals surface area contributed by atoms with Crippen LogP contribution in [0.4, 0.5) is 0 Å². The SMILES string of the molecule is CCCNC1(CO)CCC(N2CCCC(C)(C)CC2)C1. The number of hydrogen-bond acceptors (Lipinski definition) is 3. The van der Waals surface area contributed by atoms with Crippen molar-refractivity contribution in [2.24, 2.45) is 5.41 Å². The minimum Gasteiger partial charge on any atom is -0.394 e. The lowest BCUT2D eigenvalue weighted by molar-refractivity contribution is 0.142. The van der Waals surface area contributed by atoms with Crippen LogP contribution in [0.3, 0.4) is 0 Å². The van der Waals surface area contributed by atoms with E-state index in [0.29, 0.717) is 18.1 Å². The molecule has 1 aliphatic carbocycles. The van der Waals surface area contributed by atoms with Gasteiger partial charge < -0.3 is 15.3 Å². The van der Waals surface area contributed by atoms with Crippen LogP contribution in [0.1, 0.15) is 65.7 Å². The third-order valence-electron chi connectivity index (χ3n) is 5.53. The molecule has 0 spiro atoms. The van der Waals surface area contributed by atoms with Crippen LogP contribution in [0, 0.1) is 5.41 Å². The van der Waals surface area contributed by atoms with Gasteiger partial charge in [-0.05, 0) is 70.0 Å². The van der Waals surface area contributed by atoms with Crippen molar-refractivity contribution >= 4 is 0 Å². The first kappa shape index (κ1) is 16.3. The molecule has 0 aromatic carbocycles. The second kappa shape index (κ2) is 6.76. The molecular formula is C17H34N2O. The molecule has 3 heteroatoms. The molecule has 2 rings (SSSR count). The monoisotopic (exact) mass is 282 g/mol. The summed E-state index contributed by atoms with van der Waals surface area (Å²) in [6.45, 7) is 10.8. The Morgan fingerprint density at radius 2 is 2.00 bits per heavy atom. The van der Waals surface area contributed by atoms with E-state index in [0.717, 1.165) is 25.8 Å². The first-order valence-corrected chi connectivity index (χ1v) is 8.60. The van der Waals surface area contributed by atoms with Gasteiger partial charge in [-0.25, -0.2) is 0 Å². The standard InChI is InChI=1S/C17H34N2O/c1-4-10-18-17(14-20)8-6-15(13-17)19-11-5-7-16(2,3)9-12-19/h15,18,20H,4-14H2,1-3H3. The largest absolute Gasteiger partial charge is 0.394 e. The van der Waals surface area contributed by atoms with E-state index in [-0.39, 0.29) is 5.54 Å². The molecule has 0 aromatic heterocycles. The normalized spacial score (nSPS) is 35.1. The number of nitrogens with zero attached hydrogens (tertiary/aromatic N) is 1. The predicted molar refractivity (Wildman–Crippen MR) is 85.0 cm³/mol. The van der Waals surface area contributed by atoms with Crippen molar-refractivity contribution in [2.45, 2.75) is 77.3 Å². The highest BCUT2D eigenvalue weighted by Gasteiger charge is 2.40. The fourth-order valence-corrected chi connectivity index (χ4v) is 3.97. The summed E-state index contributed by atoms with van der Waals surface area (Å²) < 4.78 is 0. The van der Waals surface area contributed by atoms with Crippen LogP contribution in [-0.4, -0.2) is 47.8 Å². The van der Waals surface area contributed by atoms with Crippen LogP contribution in [0.5, 0.6) is 0 Å². The summed E-state index contributed by atoms with van der Waals surface area (Å²) >= 11 is 0. The van der Waals surface area contributed by atoms with Gasteiger partial charge in [0.1, 0.15) is 0 Å². The van der Waals surface area contributed by atoms with Crippen LogP contribution in [0.2, 0.25) is 0 Å². The molecular weight excluding hydrogens is 248 g/mol. The van der Waals surface area contributed by atoms with Gasteiger partial charge in [-0.2, -0.15) is 0 Å². The molecule has 2 aliphatic rings. The number of rotatable bonds is 5. The Hall–Kier alpha value is -0.120. The lowest BCUT2D eigenvalue weighted by atomic mass is 9.85. The zero-order chi connectivity index (χ0) is 14.6. The third-order valence-corrected chi connectivity index (χ3v) is 5.53. The van der Waals surface area contributed by atoms with Crippen LogP contribution in [-0.2, 0) is 0 Å². The predicted octanol–water partition coefficient (Wildman–Crippen LogP) is 2.78. The van der Waals surface area contributed by atoms with Crippen LogP contribution >= 0.6 is 0 Å². The Kier molecular flexibility index (Phi) is 5.49.